The predicted octanol–water partition coefficient (Wildman–Crippen LogP) is 6.00. The second-order valence-corrected chi connectivity index (χ2v) is 11.1. The van der Waals surface area contributed by atoms with Gasteiger partial charge in [-0.25, -0.2) is 0 Å². The number of carbonyl (C=O) groups is 3. The van der Waals surface area contributed by atoms with E-state index in [4.69, 9.17) is 8.27 Å². The zero-order valence-corrected chi connectivity index (χ0v) is 22.1. The van der Waals surface area contributed by atoms with Crippen LogP contribution in [0.3, 0.4) is 0 Å². The molecule has 0 spiro atoms. The van der Waals surface area contributed by atoms with Gasteiger partial charge in [-0.3, -0.25) is 14.8 Å². The molecule has 12 heteroatoms. The van der Waals surface area contributed by atoms with Gasteiger partial charge in [0, 0.05) is 13.8 Å². The maximum absolute atomic E-state index is 11.9. The van der Waals surface area contributed by atoms with Gasteiger partial charge in [-0.2, -0.15) is 15.0 Å². The Balaban J connectivity index is 0.000000198. The fraction of sp³-hybridized carbons (Fsp3) is 0.160. The number of amides is 2. The second kappa shape index (κ2) is 13.7. The molecule has 8 nitrogen and oxygen atoms in total. The number of hydroxylamine groups is 2. The number of rotatable bonds is 3. The summed E-state index contributed by atoms with van der Waals surface area (Å²) >= 11 is -1.52. The van der Waals surface area contributed by atoms with Crippen LogP contribution in [-0.2, 0) is 17.5 Å². The van der Waals surface area contributed by atoms with Gasteiger partial charge in [0.25, 0.3) is 0 Å². The zero-order chi connectivity index (χ0) is 27.6. The average Bonchev–Trinajstić information content (AvgIpc) is 3.16. The van der Waals surface area contributed by atoms with E-state index in [0.29, 0.717) is 10.8 Å². The molecule has 0 atom stereocenters. The molecule has 3 aromatic rings. The van der Waals surface area contributed by atoms with Gasteiger partial charge in [0.1, 0.15) is 0 Å². The van der Waals surface area contributed by atoms with Gasteiger partial charge in [-0.1, -0.05) is 36.4 Å². The second-order valence-electron chi connectivity index (χ2n) is 7.12. The van der Waals surface area contributed by atoms with E-state index in [0.717, 1.165) is 16.1 Å². The SMILES string of the molecule is CC(=O)N(O)c1ccccc1.CC(=O)N(OC(F)(F)F)c1ccccc1.CI1OC(=O)c2ccccc21. The molecule has 198 valence electrons. The van der Waals surface area contributed by atoms with Crippen molar-refractivity contribution in [2.45, 2.75) is 20.2 Å². The van der Waals surface area contributed by atoms with Crippen LogP contribution in [-0.4, -0.2) is 34.3 Å². The summed E-state index contributed by atoms with van der Waals surface area (Å²) in [5, 5.41) is 9.89. The number of nitrogens with zero attached hydrogens (tertiary/aromatic N) is 2. The molecule has 0 bridgehead atoms. The Morgan fingerprint density at radius 1 is 0.838 bits per heavy atom. The monoisotopic (exact) mass is 632 g/mol. The number of halogens is 4. The van der Waals surface area contributed by atoms with Crippen LogP contribution >= 0.6 is 20.2 Å². The Labute approximate surface area is 219 Å². The van der Waals surface area contributed by atoms with Gasteiger partial charge in [-0.15, -0.1) is 13.2 Å². The van der Waals surface area contributed by atoms with E-state index < -0.39 is 38.4 Å². The van der Waals surface area contributed by atoms with Gasteiger partial charge in [0.15, 0.2) is 0 Å². The number of anilines is 2. The van der Waals surface area contributed by atoms with Crippen molar-refractivity contribution in [3.05, 3.63) is 94.1 Å². The fourth-order valence-electron chi connectivity index (χ4n) is 2.76. The van der Waals surface area contributed by atoms with Gasteiger partial charge in [0.05, 0.1) is 11.4 Å². The minimum atomic E-state index is -4.89. The first-order valence-corrected chi connectivity index (χ1v) is 14.6. The number of para-hydroxylation sites is 2. The van der Waals surface area contributed by atoms with Crippen LogP contribution in [0, 0.1) is 3.57 Å². The van der Waals surface area contributed by atoms with Crippen molar-refractivity contribution >= 4 is 49.4 Å². The molecule has 1 aliphatic heterocycles. The summed E-state index contributed by atoms with van der Waals surface area (Å²) in [4.78, 5) is 38.2. The van der Waals surface area contributed by atoms with E-state index in [1.807, 2.05) is 35.3 Å². The Hall–Kier alpha value is -3.49. The number of fused-ring (bicyclic) bond motifs is 1. The molecule has 0 aliphatic carbocycles. The predicted molar refractivity (Wildman–Crippen MR) is 139 cm³/mol. The standard InChI is InChI=1S/C9H8F3NO2.C8H7IO2.C8H9NO2/c1-7(14)13(15-9(10,11)12)8-5-3-2-4-6-8;1-9-7-5-3-2-4-6(7)8(10)11-9;1-7(10)9(11)8-5-3-2-4-6-8/h2-6H,1H3;2-5H,1H3;2-6,11H,1H3. The quantitative estimate of drug-likeness (QED) is 0.165. The molecule has 0 aromatic heterocycles. The Bertz CT molecular complexity index is 1200. The summed E-state index contributed by atoms with van der Waals surface area (Å²) in [6.07, 6.45) is -4.89. The Kier molecular flexibility index (Phi) is 11.0. The molecule has 0 unspecified atom stereocenters. The van der Waals surface area contributed by atoms with E-state index in [-0.39, 0.29) is 16.7 Å². The van der Waals surface area contributed by atoms with Crippen LogP contribution in [0.15, 0.2) is 84.9 Å². The van der Waals surface area contributed by atoms with E-state index in [1.54, 1.807) is 30.3 Å². The molecular weight excluding hydrogens is 608 g/mol. The molecule has 0 saturated carbocycles. The van der Waals surface area contributed by atoms with Crippen molar-refractivity contribution in [1.82, 2.24) is 0 Å². The molecule has 2 amide bonds. The summed E-state index contributed by atoms with van der Waals surface area (Å²) in [7, 11) is 0. The molecular formula is C25H24F3IN2O6. The number of benzene rings is 3. The van der Waals surface area contributed by atoms with Crippen LogP contribution in [0.5, 0.6) is 0 Å². The van der Waals surface area contributed by atoms with E-state index in [2.05, 4.69) is 4.84 Å². The topological polar surface area (TPSA) is 96.4 Å². The molecule has 3 aromatic carbocycles. The van der Waals surface area contributed by atoms with E-state index >= 15 is 0 Å². The first kappa shape index (κ1) is 29.7. The average molecular weight is 632 g/mol. The van der Waals surface area contributed by atoms with Gasteiger partial charge >= 0.3 is 78.8 Å². The summed E-state index contributed by atoms with van der Waals surface area (Å²) < 4.78 is 42.1. The fourth-order valence-corrected chi connectivity index (χ4v) is 5.77. The van der Waals surface area contributed by atoms with Crippen molar-refractivity contribution in [3.8, 4) is 0 Å². The maximum atomic E-state index is 11.9. The molecule has 0 radical (unpaired) electrons. The van der Waals surface area contributed by atoms with Crippen molar-refractivity contribution in [2.75, 3.05) is 15.1 Å². The van der Waals surface area contributed by atoms with Crippen LogP contribution in [0.1, 0.15) is 24.2 Å². The summed E-state index contributed by atoms with van der Waals surface area (Å²) in [6.45, 7) is 2.28. The van der Waals surface area contributed by atoms with Crippen LogP contribution < -0.4 is 10.1 Å². The Morgan fingerprint density at radius 3 is 1.78 bits per heavy atom. The number of hydrogen-bond acceptors (Lipinski definition) is 6. The molecule has 37 heavy (non-hydrogen) atoms. The third-order valence-electron chi connectivity index (χ3n) is 4.34. The number of alkyl halides is 4. The molecule has 1 N–H and O–H groups in total. The zero-order valence-electron chi connectivity index (χ0n) is 20.0. The summed E-state index contributed by atoms with van der Waals surface area (Å²) in [5.74, 6) is -1.37. The number of carbonyl (C=O) groups excluding carboxylic acids is 3. The normalized spacial score (nSPS) is 12.6. The van der Waals surface area contributed by atoms with Crippen molar-refractivity contribution in [3.63, 3.8) is 0 Å². The minimum absolute atomic E-state index is 0.0299. The summed E-state index contributed by atoms with van der Waals surface area (Å²) in [5.41, 5.74) is 1.29. The van der Waals surface area contributed by atoms with Crippen molar-refractivity contribution in [2.24, 2.45) is 0 Å². The van der Waals surface area contributed by atoms with Gasteiger partial charge in [0.2, 0.25) is 11.8 Å². The van der Waals surface area contributed by atoms with Crippen LogP contribution in [0.25, 0.3) is 0 Å². The first-order valence-electron chi connectivity index (χ1n) is 10.5. The molecule has 1 heterocycles. The first-order chi connectivity index (χ1) is 17.4. The third kappa shape index (κ3) is 9.48. The summed E-state index contributed by atoms with van der Waals surface area (Å²) in [6, 6.07) is 23.6. The van der Waals surface area contributed by atoms with E-state index in [9.17, 15) is 27.6 Å². The molecule has 0 fully saturated rings. The third-order valence-corrected chi connectivity index (χ3v) is 7.97. The van der Waals surface area contributed by atoms with Gasteiger partial charge in [-0.05, 0) is 24.3 Å². The molecule has 0 saturated heterocycles. The van der Waals surface area contributed by atoms with E-state index in [1.165, 1.54) is 31.2 Å². The van der Waals surface area contributed by atoms with Crippen molar-refractivity contribution in [1.29, 1.82) is 0 Å². The number of hydrogen-bond donors (Lipinski definition) is 1. The van der Waals surface area contributed by atoms with Crippen LogP contribution in [0.2, 0.25) is 0 Å². The van der Waals surface area contributed by atoms with Gasteiger partial charge < -0.3 is 0 Å². The molecule has 1 aliphatic rings. The van der Waals surface area contributed by atoms with Crippen LogP contribution in [0.4, 0.5) is 24.5 Å². The van der Waals surface area contributed by atoms with Crippen molar-refractivity contribution < 1.29 is 40.7 Å². The molecule has 4 rings (SSSR count). The Morgan fingerprint density at radius 2 is 1.32 bits per heavy atom.